The minimum Gasteiger partial charge on any atom is -0.442 e. The number of benzene rings is 3. The van der Waals surface area contributed by atoms with Gasteiger partial charge in [-0.3, -0.25) is 24.8 Å². The minimum absolute atomic E-state index is 0.225. The van der Waals surface area contributed by atoms with E-state index < -0.39 is 24.3 Å². The summed E-state index contributed by atoms with van der Waals surface area (Å²) in [5, 5.41) is 2.57. The molecular weight excluding hydrogens is 456 g/mol. The number of likely N-dealkylation sites (N-methyl/N-ethyl adjacent to an activating group) is 1. The van der Waals surface area contributed by atoms with Crippen LogP contribution in [0.5, 0.6) is 0 Å². The molecule has 3 aromatic rings. The molecule has 2 atom stereocenters. The van der Waals surface area contributed by atoms with Gasteiger partial charge in [-0.25, -0.2) is 4.79 Å². The third-order valence-electron chi connectivity index (χ3n) is 6.03. The normalized spacial score (nSPS) is 15.8. The maximum absolute atomic E-state index is 13.6. The molecule has 0 aliphatic carbocycles. The van der Waals surface area contributed by atoms with E-state index in [-0.39, 0.29) is 12.5 Å². The summed E-state index contributed by atoms with van der Waals surface area (Å²) >= 11 is 0. The third kappa shape index (κ3) is 5.43. The highest BCUT2D eigenvalue weighted by Gasteiger charge is 2.34. The zero-order valence-corrected chi connectivity index (χ0v) is 20.4. The van der Waals surface area contributed by atoms with E-state index in [9.17, 15) is 14.4 Å². The Morgan fingerprint density at radius 3 is 2.31 bits per heavy atom. The molecule has 8 heteroatoms. The summed E-state index contributed by atoms with van der Waals surface area (Å²) in [5.74, 6) is -0.818. The molecule has 1 aliphatic rings. The lowest BCUT2D eigenvalue weighted by Gasteiger charge is -2.27. The van der Waals surface area contributed by atoms with Crippen molar-refractivity contribution in [2.45, 2.75) is 26.1 Å². The number of carbonyl (C=O) groups is 3. The second kappa shape index (κ2) is 10.9. The van der Waals surface area contributed by atoms with Crippen LogP contribution in [0.25, 0.3) is 0 Å². The smallest absolute Gasteiger partial charge is 0.409 e. The number of fused-ring (bicyclic) bond motifs is 1. The Kier molecular flexibility index (Phi) is 7.44. The Labute approximate surface area is 210 Å². The average molecular weight is 485 g/mol. The highest BCUT2D eigenvalue weighted by Crippen LogP contribution is 2.26. The lowest BCUT2D eigenvalue weighted by Crippen LogP contribution is -2.50. The maximum Gasteiger partial charge on any atom is 0.409 e. The van der Waals surface area contributed by atoms with Crippen LogP contribution in [0.3, 0.4) is 0 Å². The summed E-state index contributed by atoms with van der Waals surface area (Å²) in [4.78, 5) is 46.8. The number of amides is 3. The van der Waals surface area contributed by atoms with Gasteiger partial charge in [-0.05, 0) is 37.6 Å². The Bertz CT molecular complexity index is 1280. The van der Waals surface area contributed by atoms with Gasteiger partial charge in [-0.1, -0.05) is 66.7 Å². The zero-order valence-electron chi connectivity index (χ0n) is 20.4. The minimum atomic E-state index is -1.25. The number of rotatable bonds is 6. The van der Waals surface area contributed by atoms with Crippen molar-refractivity contribution in [3.8, 4) is 0 Å². The fourth-order valence-electron chi connectivity index (χ4n) is 3.99. The summed E-state index contributed by atoms with van der Waals surface area (Å²) in [5.41, 5.74) is 3.35. The molecule has 0 bridgehead atoms. The second-order valence-corrected chi connectivity index (χ2v) is 8.45. The highest BCUT2D eigenvalue weighted by molar-refractivity contribution is 6.14. The SMILES string of the molecule is CC1=N[C@@H](NC(=O)OC(C)c2ccccc2)C(=O)N(CC(=O)N(C)c2ccccc2)c2ccccc21. The van der Waals surface area contributed by atoms with Crippen LogP contribution in [0.2, 0.25) is 0 Å². The molecule has 4 rings (SSSR count). The fourth-order valence-corrected chi connectivity index (χ4v) is 3.99. The molecule has 1 aliphatic heterocycles. The number of nitrogens with one attached hydrogen (secondary N) is 1. The van der Waals surface area contributed by atoms with Crippen LogP contribution in [-0.2, 0) is 14.3 Å². The Morgan fingerprint density at radius 1 is 1.00 bits per heavy atom. The summed E-state index contributed by atoms with van der Waals surface area (Å²) in [6.45, 7) is 3.29. The Morgan fingerprint density at radius 2 is 1.61 bits per heavy atom. The number of aliphatic imine (C=N–C) groups is 1. The van der Waals surface area contributed by atoms with Gasteiger partial charge in [0.2, 0.25) is 12.1 Å². The largest absolute Gasteiger partial charge is 0.442 e. The first-order chi connectivity index (χ1) is 17.3. The number of hydrogen-bond donors (Lipinski definition) is 1. The van der Waals surface area contributed by atoms with E-state index in [1.165, 1.54) is 9.80 Å². The molecule has 3 aromatic carbocycles. The van der Waals surface area contributed by atoms with Gasteiger partial charge >= 0.3 is 6.09 Å². The van der Waals surface area contributed by atoms with E-state index in [2.05, 4.69) is 10.3 Å². The van der Waals surface area contributed by atoms with Crippen LogP contribution < -0.4 is 15.1 Å². The van der Waals surface area contributed by atoms with E-state index in [0.29, 0.717) is 22.6 Å². The predicted molar refractivity (Wildman–Crippen MR) is 139 cm³/mol. The lowest BCUT2D eigenvalue weighted by molar-refractivity contribution is -0.123. The number of anilines is 2. The van der Waals surface area contributed by atoms with Gasteiger partial charge in [-0.2, -0.15) is 0 Å². The Balaban J connectivity index is 1.56. The Hall–Kier alpha value is -4.46. The standard InChI is InChI=1S/C28H28N4O4/c1-19-23-16-10-11-17-24(23)32(18-25(33)31(3)22-14-8-5-9-15-22)27(34)26(29-19)30-28(35)36-20(2)21-12-6-4-7-13-21/h4-17,20,26H,18H2,1-3H3,(H,30,35)/t20?,26-/m0/s1. The quantitative estimate of drug-likeness (QED) is 0.564. The van der Waals surface area contributed by atoms with Gasteiger partial charge in [-0.15, -0.1) is 0 Å². The first-order valence-corrected chi connectivity index (χ1v) is 11.6. The number of para-hydroxylation sites is 2. The van der Waals surface area contributed by atoms with Crippen LogP contribution in [0, 0.1) is 0 Å². The van der Waals surface area contributed by atoms with Crippen LogP contribution in [0.15, 0.2) is 89.9 Å². The van der Waals surface area contributed by atoms with Crippen molar-refractivity contribution in [1.29, 1.82) is 0 Å². The molecule has 0 fully saturated rings. The summed E-state index contributed by atoms with van der Waals surface area (Å²) in [7, 11) is 1.66. The highest BCUT2D eigenvalue weighted by atomic mass is 16.6. The molecule has 3 amide bonds. The fraction of sp³-hybridized carbons (Fsp3) is 0.214. The molecule has 0 saturated carbocycles. The monoisotopic (exact) mass is 484 g/mol. The molecule has 1 unspecified atom stereocenters. The number of hydrogen-bond acceptors (Lipinski definition) is 5. The predicted octanol–water partition coefficient (Wildman–Crippen LogP) is 4.32. The molecule has 8 nitrogen and oxygen atoms in total. The van der Waals surface area contributed by atoms with Gasteiger partial charge in [0.05, 0.1) is 5.69 Å². The molecule has 0 spiro atoms. The maximum atomic E-state index is 13.6. The van der Waals surface area contributed by atoms with E-state index >= 15 is 0 Å². The molecule has 0 radical (unpaired) electrons. The average Bonchev–Trinajstić information content (AvgIpc) is 2.99. The van der Waals surface area contributed by atoms with Crippen molar-refractivity contribution in [1.82, 2.24) is 5.32 Å². The van der Waals surface area contributed by atoms with Crippen molar-refractivity contribution in [3.05, 3.63) is 96.1 Å². The molecule has 36 heavy (non-hydrogen) atoms. The number of ether oxygens (including phenoxy) is 1. The molecular formula is C28H28N4O4. The van der Waals surface area contributed by atoms with Gasteiger partial charge < -0.3 is 9.64 Å². The first-order valence-electron chi connectivity index (χ1n) is 11.6. The third-order valence-corrected chi connectivity index (χ3v) is 6.03. The van der Waals surface area contributed by atoms with Crippen LogP contribution in [-0.4, -0.2) is 43.4 Å². The molecule has 0 aromatic heterocycles. The van der Waals surface area contributed by atoms with Crippen LogP contribution in [0.4, 0.5) is 16.2 Å². The van der Waals surface area contributed by atoms with E-state index in [1.54, 1.807) is 33.0 Å². The van der Waals surface area contributed by atoms with Crippen LogP contribution >= 0.6 is 0 Å². The van der Waals surface area contributed by atoms with E-state index in [0.717, 1.165) is 5.56 Å². The number of carbonyl (C=O) groups excluding carboxylic acids is 3. The van der Waals surface area contributed by atoms with Crippen molar-refractivity contribution in [2.24, 2.45) is 4.99 Å². The van der Waals surface area contributed by atoms with Crippen molar-refractivity contribution < 1.29 is 19.1 Å². The topological polar surface area (TPSA) is 91.3 Å². The van der Waals surface area contributed by atoms with Crippen LogP contribution in [0.1, 0.15) is 31.1 Å². The molecule has 1 heterocycles. The van der Waals surface area contributed by atoms with E-state index in [1.807, 2.05) is 72.8 Å². The van der Waals surface area contributed by atoms with E-state index in [4.69, 9.17) is 4.74 Å². The van der Waals surface area contributed by atoms with Crippen molar-refractivity contribution >= 4 is 35.0 Å². The number of nitrogens with zero attached hydrogens (tertiary/aromatic N) is 3. The first kappa shape index (κ1) is 24.7. The van der Waals surface area contributed by atoms with Crippen molar-refractivity contribution in [2.75, 3.05) is 23.4 Å². The van der Waals surface area contributed by atoms with Gasteiger partial charge in [0, 0.05) is 24.0 Å². The van der Waals surface area contributed by atoms with Gasteiger partial charge in [0.25, 0.3) is 5.91 Å². The molecule has 1 N–H and O–H groups in total. The van der Waals surface area contributed by atoms with Crippen molar-refractivity contribution in [3.63, 3.8) is 0 Å². The molecule has 184 valence electrons. The molecule has 0 saturated heterocycles. The lowest BCUT2D eigenvalue weighted by atomic mass is 10.1. The zero-order chi connectivity index (χ0) is 25.7. The second-order valence-electron chi connectivity index (χ2n) is 8.45. The van der Waals surface area contributed by atoms with Gasteiger partial charge in [0.15, 0.2) is 0 Å². The summed E-state index contributed by atoms with van der Waals surface area (Å²) in [6.07, 6.45) is -2.55. The summed E-state index contributed by atoms with van der Waals surface area (Å²) in [6, 6.07) is 25.7. The number of alkyl carbamates (subject to hydrolysis) is 1. The van der Waals surface area contributed by atoms with Gasteiger partial charge in [0.1, 0.15) is 12.6 Å². The number of benzodiazepines with no additional fused rings is 1. The summed E-state index contributed by atoms with van der Waals surface area (Å²) < 4.78 is 5.49.